The number of benzene rings is 1. The Morgan fingerprint density at radius 3 is 2.58 bits per heavy atom. The molecule has 0 amide bonds. The summed E-state index contributed by atoms with van der Waals surface area (Å²) < 4.78 is 60.8. The summed E-state index contributed by atoms with van der Waals surface area (Å²) in [5.74, 6) is -1.76. The number of fused-ring (bicyclic) bond motifs is 2. The third-order valence-electron chi connectivity index (χ3n) is 5.25. The number of H-pyrrole nitrogens is 1. The third-order valence-corrected chi connectivity index (χ3v) is 6.32. The number of rotatable bonds is 4. The molecule has 33 heavy (non-hydrogen) atoms. The predicted octanol–water partition coefficient (Wildman–Crippen LogP) is 3.66. The molecule has 0 unspecified atom stereocenters. The molecular formula is C22H16F2N4O4S. The number of halogens is 2. The normalized spacial score (nSPS) is 12.0. The minimum Gasteiger partial charge on any atom is -0.453 e. The van der Waals surface area contributed by atoms with E-state index in [1.165, 1.54) is 27.4 Å². The average molecular weight is 470 g/mol. The Hall–Kier alpha value is -3.99. The fourth-order valence-electron chi connectivity index (χ4n) is 3.70. The van der Waals surface area contributed by atoms with Gasteiger partial charge in [0, 0.05) is 60.5 Å². The summed E-state index contributed by atoms with van der Waals surface area (Å²) in [6.07, 6.45) is 6.95. The molecular weight excluding hydrogens is 454 g/mol. The molecule has 4 aromatic heterocycles. The Morgan fingerprint density at radius 1 is 1.06 bits per heavy atom. The molecule has 8 nitrogen and oxygen atoms in total. The summed E-state index contributed by atoms with van der Waals surface area (Å²) in [5, 5.41) is 0.510. The van der Waals surface area contributed by atoms with E-state index in [9.17, 15) is 22.0 Å². The molecule has 168 valence electrons. The van der Waals surface area contributed by atoms with Crippen molar-refractivity contribution in [3.8, 4) is 22.6 Å². The second kappa shape index (κ2) is 7.27. The molecule has 11 heteroatoms. The van der Waals surface area contributed by atoms with Crippen molar-refractivity contribution < 1.29 is 21.9 Å². The van der Waals surface area contributed by atoms with Crippen LogP contribution in [0.1, 0.15) is 0 Å². The van der Waals surface area contributed by atoms with Gasteiger partial charge in [-0.25, -0.2) is 22.2 Å². The van der Waals surface area contributed by atoms with Gasteiger partial charge >= 0.3 is 0 Å². The zero-order valence-electron chi connectivity index (χ0n) is 17.3. The lowest BCUT2D eigenvalue weighted by molar-refractivity contribution is 0.439. The number of aryl methyl sites for hydroxylation is 1. The standard InChI is InChI=1S/C22H16F2N4O4S/c1-27-10-14(13-5-6-25-21(13)22(27)29)15-11-28-19(26-9-20(28)33(2,30)31)8-18(15)32-17-4-3-12(23)7-16(17)24/h3-11,25H,1-2H3. The number of aromatic amines is 1. The van der Waals surface area contributed by atoms with Gasteiger partial charge in [0.25, 0.3) is 5.56 Å². The summed E-state index contributed by atoms with van der Waals surface area (Å²) in [5.41, 5.74) is 1.22. The van der Waals surface area contributed by atoms with Gasteiger partial charge < -0.3 is 14.3 Å². The molecule has 0 saturated carbocycles. The summed E-state index contributed by atoms with van der Waals surface area (Å²) in [6, 6.07) is 6.06. The van der Waals surface area contributed by atoms with Gasteiger partial charge in [0.1, 0.15) is 22.7 Å². The number of aromatic nitrogens is 4. The summed E-state index contributed by atoms with van der Waals surface area (Å²) in [4.78, 5) is 19.5. The molecule has 0 aliphatic heterocycles. The van der Waals surface area contributed by atoms with Crippen LogP contribution in [0.5, 0.6) is 11.5 Å². The van der Waals surface area contributed by atoms with Crippen molar-refractivity contribution in [3.05, 3.63) is 77.1 Å². The van der Waals surface area contributed by atoms with E-state index in [4.69, 9.17) is 4.74 Å². The van der Waals surface area contributed by atoms with E-state index in [0.717, 1.165) is 18.4 Å². The van der Waals surface area contributed by atoms with Gasteiger partial charge in [-0.3, -0.25) is 9.20 Å². The minimum absolute atomic E-state index is 0.0478. The van der Waals surface area contributed by atoms with Crippen LogP contribution in [0.3, 0.4) is 0 Å². The molecule has 5 rings (SSSR count). The monoisotopic (exact) mass is 470 g/mol. The zero-order valence-corrected chi connectivity index (χ0v) is 18.2. The molecule has 1 aromatic carbocycles. The highest BCUT2D eigenvalue weighted by Crippen LogP contribution is 2.38. The fraction of sp³-hybridized carbons (Fsp3) is 0.0909. The number of sulfone groups is 1. The first-order chi connectivity index (χ1) is 15.6. The van der Waals surface area contributed by atoms with Gasteiger partial charge in [-0.2, -0.15) is 0 Å². The quantitative estimate of drug-likeness (QED) is 0.432. The van der Waals surface area contributed by atoms with Crippen molar-refractivity contribution in [2.75, 3.05) is 6.26 Å². The van der Waals surface area contributed by atoms with Crippen LogP contribution < -0.4 is 10.3 Å². The number of hydrogen-bond acceptors (Lipinski definition) is 5. The maximum atomic E-state index is 14.3. The van der Waals surface area contributed by atoms with Crippen LogP contribution in [0.2, 0.25) is 0 Å². The van der Waals surface area contributed by atoms with Gasteiger partial charge in [-0.05, 0) is 18.2 Å². The zero-order chi connectivity index (χ0) is 23.5. The van der Waals surface area contributed by atoms with Crippen LogP contribution in [0, 0.1) is 11.6 Å². The maximum Gasteiger partial charge on any atom is 0.274 e. The van der Waals surface area contributed by atoms with Gasteiger partial charge in [0.15, 0.2) is 26.4 Å². The van der Waals surface area contributed by atoms with E-state index in [0.29, 0.717) is 28.1 Å². The molecule has 0 fully saturated rings. The molecule has 0 atom stereocenters. The molecule has 0 bridgehead atoms. The van der Waals surface area contributed by atoms with Crippen LogP contribution >= 0.6 is 0 Å². The lowest BCUT2D eigenvalue weighted by Crippen LogP contribution is -2.16. The fourth-order valence-corrected chi connectivity index (χ4v) is 4.45. The lowest BCUT2D eigenvalue weighted by atomic mass is 10.0. The van der Waals surface area contributed by atoms with Crippen molar-refractivity contribution in [1.29, 1.82) is 0 Å². The highest BCUT2D eigenvalue weighted by molar-refractivity contribution is 7.90. The van der Waals surface area contributed by atoms with Gasteiger partial charge in [-0.15, -0.1) is 0 Å². The number of imidazole rings is 1. The number of hydrogen-bond donors (Lipinski definition) is 1. The van der Waals surface area contributed by atoms with Gasteiger partial charge in [0.2, 0.25) is 0 Å². The van der Waals surface area contributed by atoms with Crippen LogP contribution in [-0.4, -0.2) is 33.6 Å². The number of ether oxygens (including phenoxy) is 1. The van der Waals surface area contributed by atoms with Crippen LogP contribution in [0.15, 0.2) is 64.9 Å². The summed E-state index contributed by atoms with van der Waals surface area (Å²) >= 11 is 0. The van der Waals surface area contributed by atoms with Crippen molar-refractivity contribution in [2.24, 2.45) is 7.05 Å². The molecule has 0 spiro atoms. The first kappa shape index (κ1) is 20.9. The first-order valence-corrected chi connectivity index (χ1v) is 11.5. The van der Waals surface area contributed by atoms with E-state index >= 15 is 0 Å². The molecule has 0 aliphatic carbocycles. The number of nitrogens with one attached hydrogen (secondary N) is 1. The van der Waals surface area contributed by atoms with Crippen LogP contribution in [0.4, 0.5) is 8.78 Å². The Bertz CT molecular complexity index is 1740. The molecule has 1 N–H and O–H groups in total. The summed E-state index contributed by atoms with van der Waals surface area (Å²) in [6.45, 7) is 0. The van der Waals surface area contributed by atoms with Gasteiger partial charge in [0.05, 0.1) is 6.20 Å². The van der Waals surface area contributed by atoms with Crippen molar-refractivity contribution in [1.82, 2.24) is 18.9 Å². The van der Waals surface area contributed by atoms with E-state index in [-0.39, 0.29) is 27.7 Å². The van der Waals surface area contributed by atoms with Crippen molar-refractivity contribution in [3.63, 3.8) is 0 Å². The highest BCUT2D eigenvalue weighted by atomic mass is 32.2. The molecule has 0 saturated heterocycles. The summed E-state index contributed by atoms with van der Waals surface area (Å²) in [7, 11) is -2.04. The number of pyridine rings is 2. The predicted molar refractivity (Wildman–Crippen MR) is 117 cm³/mol. The van der Waals surface area contributed by atoms with E-state index in [2.05, 4.69) is 9.97 Å². The maximum absolute atomic E-state index is 14.3. The van der Waals surface area contributed by atoms with Crippen LogP contribution in [-0.2, 0) is 16.9 Å². The number of nitrogens with zero attached hydrogens (tertiary/aromatic N) is 3. The minimum atomic E-state index is -3.62. The van der Waals surface area contributed by atoms with E-state index in [1.807, 2.05) is 0 Å². The first-order valence-electron chi connectivity index (χ1n) is 9.64. The van der Waals surface area contributed by atoms with Crippen molar-refractivity contribution in [2.45, 2.75) is 5.03 Å². The van der Waals surface area contributed by atoms with Crippen LogP contribution in [0.25, 0.3) is 27.7 Å². The Kier molecular flexibility index (Phi) is 4.60. The van der Waals surface area contributed by atoms with E-state index in [1.54, 1.807) is 25.5 Å². The molecule has 4 heterocycles. The lowest BCUT2D eigenvalue weighted by Gasteiger charge is -2.15. The van der Waals surface area contributed by atoms with Gasteiger partial charge in [-0.1, -0.05) is 0 Å². The Morgan fingerprint density at radius 2 is 1.85 bits per heavy atom. The third kappa shape index (κ3) is 3.46. The topological polar surface area (TPSA) is 98.5 Å². The Balaban J connectivity index is 1.84. The molecule has 0 aliphatic rings. The van der Waals surface area contributed by atoms with E-state index < -0.39 is 21.5 Å². The smallest absolute Gasteiger partial charge is 0.274 e. The largest absolute Gasteiger partial charge is 0.453 e. The molecule has 5 aromatic rings. The Labute approximate surface area is 185 Å². The molecule has 0 radical (unpaired) electrons. The highest BCUT2D eigenvalue weighted by Gasteiger charge is 2.21. The van der Waals surface area contributed by atoms with Crippen molar-refractivity contribution >= 4 is 26.4 Å². The SMILES string of the molecule is Cn1cc(-c2cn3c(S(C)(=O)=O)cnc3cc2Oc2ccc(F)cc2F)c2cc[nH]c2c1=O. The second-order valence-electron chi connectivity index (χ2n) is 7.55. The second-order valence-corrected chi connectivity index (χ2v) is 9.51. The average Bonchev–Trinajstić information content (AvgIpc) is 3.39.